The summed E-state index contributed by atoms with van der Waals surface area (Å²) in [6.07, 6.45) is 0.522. The van der Waals surface area contributed by atoms with Gasteiger partial charge < -0.3 is 10.3 Å². The molecular formula is C8H12N2O3. The number of aromatic nitrogens is 2. The molecule has 0 spiro atoms. The number of carboxylic acids is 1. The van der Waals surface area contributed by atoms with Gasteiger partial charge in [0.25, 0.3) is 11.5 Å². The van der Waals surface area contributed by atoms with Gasteiger partial charge in [0.2, 0.25) is 0 Å². The van der Waals surface area contributed by atoms with E-state index in [-0.39, 0.29) is 5.69 Å². The van der Waals surface area contributed by atoms with Crippen LogP contribution in [-0.4, -0.2) is 15.6 Å². The van der Waals surface area contributed by atoms with Crippen LogP contribution >= 0.6 is 0 Å². The van der Waals surface area contributed by atoms with E-state index in [0.717, 1.165) is 0 Å². The fourth-order valence-electron chi connectivity index (χ4n) is 1.39. The molecule has 1 heterocycles. The lowest BCUT2D eigenvalue weighted by atomic mass is 10.3. The van der Waals surface area contributed by atoms with Gasteiger partial charge in [-0.3, -0.25) is 0 Å². The summed E-state index contributed by atoms with van der Waals surface area (Å²) in [5, 5.41) is 20.1. The number of nitrogens with zero attached hydrogens (tertiary/aromatic N) is 2. The Morgan fingerprint density at radius 2 is 2.23 bits per heavy atom. The van der Waals surface area contributed by atoms with Crippen molar-refractivity contribution in [2.45, 2.75) is 20.3 Å². The topological polar surface area (TPSA) is 69.2 Å². The van der Waals surface area contributed by atoms with Crippen molar-refractivity contribution in [1.82, 2.24) is 4.57 Å². The smallest absolute Gasteiger partial charge is 0.380 e. The molecule has 5 heteroatoms. The highest BCUT2D eigenvalue weighted by molar-refractivity contribution is 5.85. The largest absolute Gasteiger partial charge is 0.710 e. The summed E-state index contributed by atoms with van der Waals surface area (Å²) in [5.41, 5.74) is 0.304. The first-order chi connectivity index (χ1) is 6.00. The van der Waals surface area contributed by atoms with Gasteiger partial charge in [0.1, 0.15) is 0 Å². The first-order valence-corrected chi connectivity index (χ1v) is 4.01. The number of carbonyl (C=O) groups is 1. The summed E-state index contributed by atoms with van der Waals surface area (Å²) in [5.74, 6) is -0.710. The fourth-order valence-corrected chi connectivity index (χ4v) is 1.39. The van der Waals surface area contributed by atoms with E-state index in [0.29, 0.717) is 22.7 Å². The van der Waals surface area contributed by atoms with Gasteiger partial charge in [0.05, 0.1) is 7.05 Å². The van der Waals surface area contributed by atoms with Gasteiger partial charge in [-0.05, 0) is 0 Å². The van der Waals surface area contributed by atoms with Crippen molar-refractivity contribution < 1.29 is 14.6 Å². The van der Waals surface area contributed by atoms with Gasteiger partial charge in [-0.2, -0.15) is 0 Å². The van der Waals surface area contributed by atoms with Crippen LogP contribution in [-0.2, 0) is 13.5 Å². The molecule has 0 saturated heterocycles. The number of hydrogen-bond acceptors (Lipinski definition) is 2. The summed E-state index contributed by atoms with van der Waals surface area (Å²) in [4.78, 5) is 10.7. The molecule has 1 aromatic heterocycles. The Balaban J connectivity index is 3.45. The van der Waals surface area contributed by atoms with Gasteiger partial charge >= 0.3 is 5.97 Å². The highest BCUT2D eigenvalue weighted by atomic mass is 16.5. The van der Waals surface area contributed by atoms with Crippen LogP contribution in [0.4, 0.5) is 0 Å². The van der Waals surface area contributed by atoms with Crippen molar-refractivity contribution in [2.75, 3.05) is 0 Å². The van der Waals surface area contributed by atoms with E-state index >= 15 is 0 Å². The second kappa shape index (κ2) is 3.08. The van der Waals surface area contributed by atoms with Crippen molar-refractivity contribution in [1.29, 1.82) is 0 Å². The predicted octanol–water partition coefficient (Wildman–Crippen LogP) is 0.228. The minimum absolute atomic E-state index is 0.181. The molecular weight excluding hydrogens is 172 g/mol. The third-order valence-corrected chi connectivity index (χ3v) is 2.19. The Bertz CT molecular complexity index is 355. The molecule has 5 nitrogen and oxygen atoms in total. The van der Waals surface area contributed by atoms with Crippen molar-refractivity contribution >= 4 is 5.97 Å². The van der Waals surface area contributed by atoms with Crippen LogP contribution in [0.3, 0.4) is 0 Å². The highest BCUT2D eigenvalue weighted by Crippen LogP contribution is 2.07. The zero-order valence-corrected chi connectivity index (χ0v) is 7.87. The quantitative estimate of drug-likeness (QED) is 0.528. The van der Waals surface area contributed by atoms with Gasteiger partial charge in [-0.15, -0.1) is 0 Å². The standard InChI is InChI=1S/C8H12N2O3/c1-4-6-9(3)5(2)7(8(11)12)10(6)13/h4H2,1-3H3,(H,11,12). The molecule has 1 rings (SSSR count). The van der Waals surface area contributed by atoms with E-state index in [1.807, 2.05) is 6.92 Å². The van der Waals surface area contributed by atoms with E-state index < -0.39 is 5.97 Å². The third-order valence-electron chi connectivity index (χ3n) is 2.19. The maximum absolute atomic E-state index is 11.4. The highest BCUT2D eigenvalue weighted by Gasteiger charge is 2.25. The number of rotatable bonds is 2. The van der Waals surface area contributed by atoms with Crippen LogP contribution in [0.2, 0.25) is 0 Å². The van der Waals surface area contributed by atoms with Crippen LogP contribution in [0.25, 0.3) is 0 Å². The monoisotopic (exact) mass is 184 g/mol. The molecule has 0 atom stereocenters. The molecule has 0 amide bonds. The molecule has 0 aliphatic carbocycles. The summed E-state index contributed by atoms with van der Waals surface area (Å²) in [6.45, 7) is 3.44. The van der Waals surface area contributed by atoms with Crippen molar-refractivity contribution in [3.05, 3.63) is 22.4 Å². The minimum Gasteiger partial charge on any atom is -0.710 e. The zero-order valence-electron chi connectivity index (χ0n) is 7.87. The Kier molecular flexibility index (Phi) is 2.27. The van der Waals surface area contributed by atoms with E-state index in [4.69, 9.17) is 5.11 Å². The molecule has 0 saturated carbocycles. The van der Waals surface area contributed by atoms with Crippen molar-refractivity contribution in [3.63, 3.8) is 0 Å². The molecule has 0 fully saturated rings. The molecule has 0 aliphatic rings. The summed E-state index contributed by atoms with van der Waals surface area (Å²) < 4.78 is 2.09. The SMILES string of the molecule is CCc1n(C)c(C)c(C(=O)O)[n+]1[O-]. The third kappa shape index (κ3) is 1.26. The maximum atomic E-state index is 11.4. The molecule has 13 heavy (non-hydrogen) atoms. The zero-order chi connectivity index (χ0) is 10.2. The minimum atomic E-state index is -1.18. The fraction of sp³-hybridized carbons (Fsp3) is 0.500. The number of hydrogen-bond donors (Lipinski definition) is 1. The van der Waals surface area contributed by atoms with Gasteiger partial charge in [-0.25, -0.2) is 14.1 Å². The second-order valence-electron chi connectivity index (χ2n) is 2.86. The first kappa shape index (κ1) is 9.57. The molecule has 0 radical (unpaired) electrons. The van der Waals surface area contributed by atoms with E-state index in [1.165, 1.54) is 0 Å². The first-order valence-electron chi connectivity index (χ1n) is 4.01. The van der Waals surface area contributed by atoms with Crippen LogP contribution < -0.4 is 4.73 Å². The lowest BCUT2D eigenvalue weighted by Crippen LogP contribution is -2.36. The normalized spacial score (nSPS) is 10.4. The van der Waals surface area contributed by atoms with E-state index in [9.17, 15) is 10.0 Å². The summed E-state index contributed by atoms with van der Waals surface area (Å²) in [7, 11) is 1.69. The summed E-state index contributed by atoms with van der Waals surface area (Å²) in [6, 6.07) is 0. The predicted molar refractivity (Wildman–Crippen MR) is 45.4 cm³/mol. The molecule has 0 aliphatic heterocycles. The second-order valence-corrected chi connectivity index (χ2v) is 2.86. The van der Waals surface area contributed by atoms with Crippen molar-refractivity contribution in [3.8, 4) is 0 Å². The van der Waals surface area contributed by atoms with Crippen molar-refractivity contribution in [2.24, 2.45) is 7.05 Å². The van der Waals surface area contributed by atoms with Gasteiger partial charge in [-0.1, -0.05) is 6.92 Å². The Labute approximate surface area is 75.8 Å². The van der Waals surface area contributed by atoms with Crippen LogP contribution in [0.5, 0.6) is 0 Å². The van der Waals surface area contributed by atoms with E-state index in [2.05, 4.69) is 0 Å². The molecule has 0 unspecified atom stereocenters. The number of aromatic carboxylic acids is 1. The Morgan fingerprint density at radius 1 is 1.69 bits per heavy atom. The molecule has 0 aromatic carbocycles. The molecule has 0 bridgehead atoms. The van der Waals surface area contributed by atoms with Gasteiger partial charge in [0, 0.05) is 13.3 Å². The number of carboxylic acid groups (broad SMARTS) is 1. The van der Waals surface area contributed by atoms with Crippen LogP contribution in [0.15, 0.2) is 0 Å². The van der Waals surface area contributed by atoms with Crippen LogP contribution in [0, 0.1) is 12.1 Å². The van der Waals surface area contributed by atoms with Gasteiger partial charge in [0.15, 0.2) is 5.69 Å². The summed E-state index contributed by atoms with van der Waals surface area (Å²) >= 11 is 0. The average Bonchev–Trinajstić information content (AvgIpc) is 2.24. The van der Waals surface area contributed by atoms with E-state index in [1.54, 1.807) is 18.5 Å². The van der Waals surface area contributed by atoms with Crippen LogP contribution in [0.1, 0.15) is 28.9 Å². The lowest BCUT2D eigenvalue weighted by molar-refractivity contribution is -0.616. The molecule has 1 aromatic rings. The average molecular weight is 184 g/mol. The Morgan fingerprint density at radius 3 is 2.46 bits per heavy atom. The molecule has 1 N–H and O–H groups in total. The maximum Gasteiger partial charge on any atom is 0.380 e. The Hall–Kier alpha value is -1.52. The number of imidazole rings is 1. The molecule has 72 valence electrons. The lowest BCUT2D eigenvalue weighted by Gasteiger charge is -2.01.